The summed E-state index contributed by atoms with van der Waals surface area (Å²) < 4.78 is 5.38. The smallest absolute Gasteiger partial charge is 0.247 e. The molecule has 0 saturated carbocycles. The number of aryl methyl sites for hydroxylation is 1. The second-order valence-corrected chi connectivity index (χ2v) is 6.11. The Balaban J connectivity index is 1.95. The third kappa shape index (κ3) is 2.99. The predicted octanol–water partition coefficient (Wildman–Crippen LogP) is 2.40. The zero-order valence-corrected chi connectivity index (χ0v) is 13.8. The highest BCUT2D eigenvalue weighted by Crippen LogP contribution is 2.34. The lowest BCUT2D eigenvalue weighted by Gasteiger charge is -2.31. The summed E-state index contributed by atoms with van der Waals surface area (Å²) in [6.45, 7) is 6.40. The Kier molecular flexibility index (Phi) is 3.94. The molecule has 1 aliphatic rings. The average Bonchev–Trinajstić information content (AvgIpc) is 2.99. The maximum Gasteiger partial charge on any atom is 0.247 e. The second kappa shape index (κ2) is 5.91. The first-order valence-corrected chi connectivity index (χ1v) is 7.65. The molecular formula is C16H21N5O2. The van der Waals surface area contributed by atoms with Crippen LogP contribution in [0.1, 0.15) is 25.4 Å². The van der Waals surface area contributed by atoms with Gasteiger partial charge in [0.25, 0.3) is 0 Å². The number of anilines is 3. The summed E-state index contributed by atoms with van der Waals surface area (Å²) in [5.74, 6) is 2.92. The molecule has 0 bridgehead atoms. The van der Waals surface area contributed by atoms with Crippen LogP contribution in [-0.4, -0.2) is 29.0 Å². The van der Waals surface area contributed by atoms with E-state index >= 15 is 0 Å². The third-order valence-electron chi connectivity index (χ3n) is 3.83. The summed E-state index contributed by atoms with van der Waals surface area (Å²) in [6.07, 6.45) is 1.64. The van der Waals surface area contributed by atoms with Crippen LogP contribution in [-0.2, 0) is 11.3 Å². The largest absolute Gasteiger partial charge is 0.467 e. The molecule has 7 nitrogen and oxygen atoms in total. The first-order chi connectivity index (χ1) is 11.0. The lowest BCUT2D eigenvalue weighted by molar-refractivity contribution is -0.117. The Hall–Kier alpha value is -2.57. The van der Waals surface area contributed by atoms with E-state index in [1.807, 2.05) is 44.9 Å². The van der Waals surface area contributed by atoms with E-state index in [1.165, 1.54) is 0 Å². The Bertz CT molecular complexity index is 712. The Labute approximate surface area is 135 Å². The highest BCUT2D eigenvalue weighted by Gasteiger charge is 2.31. The lowest BCUT2D eigenvalue weighted by atomic mass is 10.0. The highest BCUT2D eigenvalue weighted by atomic mass is 16.3. The minimum absolute atomic E-state index is 0.0624. The van der Waals surface area contributed by atoms with Crippen molar-refractivity contribution in [3.63, 3.8) is 0 Å². The number of aromatic nitrogens is 2. The summed E-state index contributed by atoms with van der Waals surface area (Å²) >= 11 is 0. The molecule has 7 heteroatoms. The van der Waals surface area contributed by atoms with Crippen LogP contribution >= 0.6 is 0 Å². The second-order valence-electron chi connectivity index (χ2n) is 6.11. The fourth-order valence-corrected chi connectivity index (χ4v) is 2.65. The number of nitrogens with zero attached hydrogens (tertiary/aromatic N) is 3. The zero-order chi connectivity index (χ0) is 16.6. The molecule has 1 amide bonds. The van der Waals surface area contributed by atoms with E-state index in [0.717, 1.165) is 5.76 Å². The van der Waals surface area contributed by atoms with Gasteiger partial charge in [-0.15, -0.1) is 0 Å². The van der Waals surface area contributed by atoms with Crippen LogP contribution in [0, 0.1) is 12.8 Å². The van der Waals surface area contributed by atoms with E-state index < -0.39 is 0 Å². The Morgan fingerprint density at radius 1 is 1.39 bits per heavy atom. The number of carbonyl (C=O) groups excluding carboxylic acids is 1. The van der Waals surface area contributed by atoms with E-state index in [4.69, 9.17) is 4.42 Å². The van der Waals surface area contributed by atoms with Gasteiger partial charge in [0.15, 0.2) is 11.6 Å². The maximum absolute atomic E-state index is 12.3. The van der Waals surface area contributed by atoms with Crippen LogP contribution in [0.15, 0.2) is 22.8 Å². The average molecular weight is 315 g/mol. The van der Waals surface area contributed by atoms with Gasteiger partial charge in [-0.25, -0.2) is 9.97 Å². The third-order valence-corrected chi connectivity index (χ3v) is 3.83. The van der Waals surface area contributed by atoms with Crippen LogP contribution < -0.4 is 15.5 Å². The fourth-order valence-electron chi connectivity index (χ4n) is 2.65. The van der Waals surface area contributed by atoms with Crippen molar-refractivity contribution in [2.24, 2.45) is 5.92 Å². The molecule has 2 N–H and O–H groups in total. The van der Waals surface area contributed by atoms with Gasteiger partial charge < -0.3 is 20.0 Å². The molecule has 1 unspecified atom stereocenters. The molecule has 0 radical (unpaired) electrons. The molecule has 0 aromatic carbocycles. The molecule has 0 aliphatic carbocycles. The van der Waals surface area contributed by atoms with Crippen LogP contribution in [0.4, 0.5) is 17.3 Å². The fraction of sp³-hybridized carbons (Fsp3) is 0.438. The number of fused-ring (bicyclic) bond motifs is 1. The predicted molar refractivity (Wildman–Crippen MR) is 88.5 cm³/mol. The van der Waals surface area contributed by atoms with E-state index in [1.54, 1.807) is 6.26 Å². The number of hydrogen-bond acceptors (Lipinski definition) is 6. The van der Waals surface area contributed by atoms with Gasteiger partial charge in [0.1, 0.15) is 23.3 Å². The number of hydrogen-bond donors (Lipinski definition) is 2. The summed E-state index contributed by atoms with van der Waals surface area (Å²) in [5, 5.41) is 6.18. The minimum Gasteiger partial charge on any atom is -0.467 e. The van der Waals surface area contributed by atoms with Gasteiger partial charge >= 0.3 is 0 Å². The van der Waals surface area contributed by atoms with Crippen LogP contribution in [0.2, 0.25) is 0 Å². The van der Waals surface area contributed by atoms with Gasteiger partial charge in [-0.05, 0) is 25.0 Å². The zero-order valence-electron chi connectivity index (χ0n) is 13.8. The van der Waals surface area contributed by atoms with Crippen LogP contribution in [0.25, 0.3) is 0 Å². The number of rotatable bonds is 4. The van der Waals surface area contributed by atoms with Crippen molar-refractivity contribution < 1.29 is 9.21 Å². The van der Waals surface area contributed by atoms with Crippen molar-refractivity contribution in [2.45, 2.75) is 33.4 Å². The molecule has 1 atom stereocenters. The number of carbonyl (C=O) groups is 1. The minimum atomic E-state index is -0.292. The van der Waals surface area contributed by atoms with Crippen molar-refractivity contribution in [1.29, 1.82) is 0 Å². The molecule has 1 aliphatic heterocycles. The topological polar surface area (TPSA) is 83.3 Å². The van der Waals surface area contributed by atoms with E-state index in [9.17, 15) is 4.79 Å². The summed E-state index contributed by atoms with van der Waals surface area (Å²) in [5.41, 5.74) is 0.617. The van der Waals surface area contributed by atoms with Gasteiger partial charge in [-0.3, -0.25) is 4.79 Å². The molecule has 3 heterocycles. The SMILES string of the molecule is Cc1nc2c(c(N(C)Cc3ccco3)n1)NC(=O)C(C(C)C)N2. The number of amides is 1. The Morgan fingerprint density at radius 2 is 2.17 bits per heavy atom. The van der Waals surface area contributed by atoms with Crippen molar-refractivity contribution in [3.8, 4) is 0 Å². The first-order valence-electron chi connectivity index (χ1n) is 7.65. The van der Waals surface area contributed by atoms with E-state index in [0.29, 0.717) is 29.7 Å². The summed E-state index contributed by atoms with van der Waals surface area (Å²) in [7, 11) is 1.91. The van der Waals surface area contributed by atoms with Crippen molar-refractivity contribution >= 4 is 23.2 Å². The van der Waals surface area contributed by atoms with E-state index in [2.05, 4.69) is 20.6 Å². The monoisotopic (exact) mass is 315 g/mol. The molecule has 3 rings (SSSR count). The molecule has 2 aromatic rings. The molecule has 0 saturated heterocycles. The van der Waals surface area contributed by atoms with Gasteiger partial charge in [0.2, 0.25) is 5.91 Å². The molecule has 2 aromatic heterocycles. The quantitative estimate of drug-likeness (QED) is 0.901. The molecule has 23 heavy (non-hydrogen) atoms. The standard InChI is InChI=1S/C16H21N5O2/c1-9(2)12-16(22)20-13-14(19-12)17-10(3)18-15(13)21(4)8-11-6-5-7-23-11/h5-7,9,12H,8H2,1-4H3,(H,20,22)(H,17,18,19). The lowest BCUT2D eigenvalue weighted by Crippen LogP contribution is -2.43. The molecular weight excluding hydrogens is 294 g/mol. The molecule has 0 spiro atoms. The highest BCUT2D eigenvalue weighted by molar-refractivity contribution is 6.05. The van der Waals surface area contributed by atoms with Gasteiger partial charge in [-0.1, -0.05) is 13.8 Å². The summed E-state index contributed by atoms with van der Waals surface area (Å²) in [4.78, 5) is 23.2. The summed E-state index contributed by atoms with van der Waals surface area (Å²) in [6, 6.07) is 3.46. The molecule has 0 fully saturated rings. The van der Waals surface area contributed by atoms with Crippen molar-refractivity contribution in [2.75, 3.05) is 22.6 Å². The van der Waals surface area contributed by atoms with Gasteiger partial charge in [0, 0.05) is 7.05 Å². The van der Waals surface area contributed by atoms with Crippen LogP contribution in [0.3, 0.4) is 0 Å². The Morgan fingerprint density at radius 3 is 2.83 bits per heavy atom. The number of nitrogens with one attached hydrogen (secondary N) is 2. The first kappa shape index (κ1) is 15.3. The van der Waals surface area contributed by atoms with Crippen molar-refractivity contribution in [3.05, 3.63) is 30.0 Å². The van der Waals surface area contributed by atoms with Gasteiger partial charge in [-0.2, -0.15) is 0 Å². The van der Waals surface area contributed by atoms with Crippen molar-refractivity contribution in [1.82, 2.24) is 9.97 Å². The molecule has 122 valence electrons. The van der Waals surface area contributed by atoms with Crippen LogP contribution in [0.5, 0.6) is 0 Å². The maximum atomic E-state index is 12.3. The normalized spacial score (nSPS) is 16.7. The number of furan rings is 1. The van der Waals surface area contributed by atoms with E-state index in [-0.39, 0.29) is 17.9 Å². The van der Waals surface area contributed by atoms with Gasteiger partial charge in [0.05, 0.1) is 12.8 Å².